The first-order valence-electron chi connectivity index (χ1n) is 9.67. The minimum absolute atomic E-state index is 0.164. The first-order valence-corrected chi connectivity index (χ1v) is 9.67. The summed E-state index contributed by atoms with van der Waals surface area (Å²) in [5.74, 6) is 0.322. The molecule has 0 bridgehead atoms. The van der Waals surface area contributed by atoms with Crippen LogP contribution in [0, 0.1) is 0 Å². The normalized spacial score (nSPS) is 10.7. The fourth-order valence-corrected chi connectivity index (χ4v) is 3.34. The van der Waals surface area contributed by atoms with Gasteiger partial charge in [0.25, 0.3) is 11.5 Å². The number of carbonyl (C=O) groups excluding carboxylic acids is 1. The molecule has 6 heteroatoms. The SMILES string of the molecule is CCOc1ccc2ccccc2c1C(=O)Nc1ccc(-c2ccc(=O)n(C)n2)cc1. The fourth-order valence-electron chi connectivity index (χ4n) is 3.34. The highest BCUT2D eigenvalue weighted by Crippen LogP contribution is 2.29. The molecule has 1 amide bonds. The minimum atomic E-state index is -0.233. The Bertz CT molecular complexity index is 1280. The first kappa shape index (κ1) is 19.4. The van der Waals surface area contributed by atoms with Crippen LogP contribution in [0.5, 0.6) is 5.75 Å². The molecule has 0 fully saturated rings. The number of hydrogen-bond donors (Lipinski definition) is 1. The number of ether oxygens (including phenoxy) is 1. The van der Waals surface area contributed by atoms with Crippen molar-refractivity contribution >= 4 is 22.4 Å². The Labute approximate surface area is 173 Å². The number of carbonyl (C=O) groups is 1. The molecular weight excluding hydrogens is 378 g/mol. The topological polar surface area (TPSA) is 73.2 Å². The van der Waals surface area contributed by atoms with Crippen molar-refractivity contribution in [2.24, 2.45) is 7.05 Å². The van der Waals surface area contributed by atoms with Crippen LogP contribution in [0.4, 0.5) is 5.69 Å². The summed E-state index contributed by atoms with van der Waals surface area (Å²) in [6.45, 7) is 2.36. The molecule has 1 heterocycles. The molecule has 0 spiro atoms. The quantitative estimate of drug-likeness (QED) is 0.544. The fraction of sp³-hybridized carbons (Fsp3) is 0.125. The van der Waals surface area contributed by atoms with E-state index in [-0.39, 0.29) is 11.5 Å². The largest absolute Gasteiger partial charge is 0.493 e. The average molecular weight is 399 g/mol. The maximum atomic E-state index is 13.1. The smallest absolute Gasteiger partial charge is 0.266 e. The molecule has 0 unspecified atom stereocenters. The highest BCUT2D eigenvalue weighted by Gasteiger charge is 2.17. The Balaban J connectivity index is 1.63. The molecule has 0 aliphatic carbocycles. The molecule has 1 N–H and O–H groups in total. The van der Waals surface area contributed by atoms with Gasteiger partial charge in [0.05, 0.1) is 17.9 Å². The van der Waals surface area contributed by atoms with Gasteiger partial charge < -0.3 is 10.1 Å². The summed E-state index contributed by atoms with van der Waals surface area (Å²) in [6.07, 6.45) is 0. The number of nitrogens with zero attached hydrogens (tertiary/aromatic N) is 2. The van der Waals surface area contributed by atoms with E-state index in [0.717, 1.165) is 16.3 Å². The van der Waals surface area contributed by atoms with Gasteiger partial charge in [0, 0.05) is 24.4 Å². The second-order valence-electron chi connectivity index (χ2n) is 6.80. The zero-order valence-electron chi connectivity index (χ0n) is 16.8. The molecule has 0 saturated heterocycles. The van der Waals surface area contributed by atoms with Gasteiger partial charge in [-0.05, 0) is 42.0 Å². The van der Waals surface area contributed by atoms with Crippen LogP contribution in [0.2, 0.25) is 0 Å². The minimum Gasteiger partial charge on any atom is -0.493 e. The number of hydrogen-bond acceptors (Lipinski definition) is 4. The summed E-state index contributed by atoms with van der Waals surface area (Å²) in [6, 6.07) is 22.0. The molecule has 4 rings (SSSR count). The third-order valence-electron chi connectivity index (χ3n) is 4.82. The van der Waals surface area contributed by atoms with E-state index in [1.165, 1.54) is 10.7 Å². The summed E-state index contributed by atoms with van der Waals surface area (Å²) in [5, 5.41) is 9.02. The van der Waals surface area contributed by atoms with Crippen molar-refractivity contribution in [2.45, 2.75) is 6.92 Å². The number of aryl methyl sites for hydroxylation is 1. The van der Waals surface area contributed by atoms with Crippen LogP contribution in [0.1, 0.15) is 17.3 Å². The summed E-state index contributed by atoms with van der Waals surface area (Å²) >= 11 is 0. The third kappa shape index (κ3) is 3.80. The van der Waals surface area contributed by atoms with Crippen molar-refractivity contribution in [1.82, 2.24) is 9.78 Å². The molecule has 150 valence electrons. The van der Waals surface area contributed by atoms with Crippen LogP contribution in [0.3, 0.4) is 0 Å². The molecular formula is C24H21N3O3. The van der Waals surface area contributed by atoms with E-state index in [1.807, 2.05) is 67.6 Å². The molecule has 30 heavy (non-hydrogen) atoms. The van der Waals surface area contributed by atoms with Gasteiger partial charge in [-0.1, -0.05) is 42.5 Å². The van der Waals surface area contributed by atoms with Crippen molar-refractivity contribution in [3.63, 3.8) is 0 Å². The van der Waals surface area contributed by atoms with Gasteiger partial charge in [-0.25, -0.2) is 4.68 Å². The Morgan fingerprint density at radius 1 is 1.00 bits per heavy atom. The predicted molar refractivity (Wildman–Crippen MR) is 118 cm³/mol. The number of aromatic nitrogens is 2. The maximum Gasteiger partial charge on any atom is 0.266 e. The average Bonchev–Trinajstić information content (AvgIpc) is 2.76. The maximum absolute atomic E-state index is 13.1. The lowest BCUT2D eigenvalue weighted by Crippen LogP contribution is -2.18. The van der Waals surface area contributed by atoms with Crippen molar-refractivity contribution in [3.05, 3.63) is 88.7 Å². The summed E-state index contributed by atoms with van der Waals surface area (Å²) < 4.78 is 7.00. The molecule has 0 radical (unpaired) electrons. The summed E-state index contributed by atoms with van der Waals surface area (Å²) in [5.41, 5.74) is 2.54. The molecule has 3 aromatic carbocycles. The zero-order valence-corrected chi connectivity index (χ0v) is 16.8. The lowest BCUT2D eigenvalue weighted by Gasteiger charge is -2.14. The Morgan fingerprint density at radius 2 is 1.77 bits per heavy atom. The van der Waals surface area contributed by atoms with E-state index in [9.17, 15) is 9.59 Å². The van der Waals surface area contributed by atoms with Gasteiger partial charge in [0.2, 0.25) is 0 Å². The highest BCUT2D eigenvalue weighted by molar-refractivity contribution is 6.15. The lowest BCUT2D eigenvalue weighted by atomic mass is 10.0. The van der Waals surface area contributed by atoms with Crippen LogP contribution in [-0.4, -0.2) is 22.3 Å². The lowest BCUT2D eigenvalue weighted by molar-refractivity contribution is 0.102. The zero-order chi connectivity index (χ0) is 21.1. The van der Waals surface area contributed by atoms with Crippen molar-refractivity contribution in [2.75, 3.05) is 11.9 Å². The molecule has 0 aliphatic heterocycles. The second-order valence-corrected chi connectivity index (χ2v) is 6.80. The van der Waals surface area contributed by atoms with E-state index >= 15 is 0 Å². The molecule has 0 aliphatic rings. The first-order chi connectivity index (χ1) is 14.6. The molecule has 4 aromatic rings. The summed E-state index contributed by atoms with van der Waals surface area (Å²) in [7, 11) is 1.61. The van der Waals surface area contributed by atoms with E-state index in [0.29, 0.717) is 29.3 Å². The van der Waals surface area contributed by atoms with Crippen LogP contribution in [-0.2, 0) is 7.05 Å². The molecule has 1 aromatic heterocycles. The Hall–Kier alpha value is -3.93. The van der Waals surface area contributed by atoms with Crippen LogP contribution < -0.4 is 15.6 Å². The Kier molecular flexibility index (Phi) is 5.30. The van der Waals surface area contributed by atoms with Gasteiger partial charge in [0.1, 0.15) is 5.75 Å². The van der Waals surface area contributed by atoms with Crippen LogP contribution in [0.25, 0.3) is 22.0 Å². The molecule has 0 atom stereocenters. The van der Waals surface area contributed by atoms with Crippen molar-refractivity contribution in [3.8, 4) is 17.0 Å². The molecule has 0 saturated carbocycles. The van der Waals surface area contributed by atoms with Gasteiger partial charge in [-0.15, -0.1) is 0 Å². The van der Waals surface area contributed by atoms with Gasteiger partial charge in [-0.3, -0.25) is 9.59 Å². The number of nitrogens with one attached hydrogen (secondary N) is 1. The predicted octanol–water partition coefficient (Wildman–Crippen LogP) is 4.25. The van der Waals surface area contributed by atoms with Gasteiger partial charge >= 0.3 is 0 Å². The van der Waals surface area contributed by atoms with E-state index in [1.54, 1.807) is 13.1 Å². The Morgan fingerprint density at radius 3 is 2.50 bits per heavy atom. The van der Waals surface area contributed by atoms with Crippen molar-refractivity contribution in [1.29, 1.82) is 0 Å². The standard InChI is InChI=1S/C24H21N3O3/c1-3-30-21-14-10-16-6-4-5-7-19(16)23(21)24(29)25-18-11-8-17(9-12-18)20-13-15-22(28)27(2)26-20/h4-15H,3H2,1-2H3,(H,25,29). The van der Waals surface area contributed by atoms with E-state index in [4.69, 9.17) is 4.74 Å². The highest BCUT2D eigenvalue weighted by atomic mass is 16.5. The monoisotopic (exact) mass is 399 g/mol. The van der Waals surface area contributed by atoms with Gasteiger partial charge in [-0.2, -0.15) is 5.10 Å². The summed E-state index contributed by atoms with van der Waals surface area (Å²) in [4.78, 5) is 24.6. The second kappa shape index (κ2) is 8.21. The van der Waals surface area contributed by atoms with E-state index < -0.39 is 0 Å². The number of amides is 1. The third-order valence-corrected chi connectivity index (χ3v) is 4.82. The van der Waals surface area contributed by atoms with Gasteiger partial charge in [0.15, 0.2) is 0 Å². The van der Waals surface area contributed by atoms with E-state index in [2.05, 4.69) is 10.4 Å². The number of fused-ring (bicyclic) bond motifs is 1. The number of benzene rings is 3. The van der Waals surface area contributed by atoms with Crippen LogP contribution in [0.15, 0.2) is 77.6 Å². The number of rotatable bonds is 5. The number of anilines is 1. The molecule has 6 nitrogen and oxygen atoms in total. The van der Waals surface area contributed by atoms with Crippen LogP contribution >= 0.6 is 0 Å². The van der Waals surface area contributed by atoms with Crippen molar-refractivity contribution < 1.29 is 9.53 Å².